The lowest BCUT2D eigenvalue weighted by molar-refractivity contribution is 0.0815. The zero-order chi connectivity index (χ0) is 14.8. The molecule has 0 radical (unpaired) electrons. The molecular formula is C19H26N2. The highest BCUT2D eigenvalue weighted by Crippen LogP contribution is 2.27. The van der Waals surface area contributed by atoms with E-state index in [2.05, 4.69) is 73.6 Å². The van der Waals surface area contributed by atoms with E-state index in [0.717, 1.165) is 6.54 Å². The van der Waals surface area contributed by atoms with Gasteiger partial charge in [-0.05, 0) is 42.6 Å². The van der Waals surface area contributed by atoms with Gasteiger partial charge in [-0.15, -0.1) is 0 Å². The molecule has 0 spiro atoms. The van der Waals surface area contributed by atoms with Crippen LogP contribution in [0.1, 0.15) is 25.8 Å². The molecule has 3 unspecified atom stereocenters. The number of hydrogen-bond acceptors (Lipinski definition) is 2. The van der Waals surface area contributed by atoms with Crippen LogP contribution in [-0.2, 0) is 6.54 Å². The Labute approximate surface area is 128 Å². The van der Waals surface area contributed by atoms with E-state index in [1.807, 2.05) is 0 Å². The summed E-state index contributed by atoms with van der Waals surface area (Å²) in [6.45, 7) is 6.99. The van der Waals surface area contributed by atoms with Gasteiger partial charge in [-0.2, -0.15) is 0 Å². The van der Waals surface area contributed by atoms with E-state index in [0.29, 0.717) is 18.0 Å². The van der Waals surface area contributed by atoms with Gasteiger partial charge in [0.2, 0.25) is 0 Å². The maximum Gasteiger partial charge on any atom is 0.0242 e. The quantitative estimate of drug-likeness (QED) is 0.924. The van der Waals surface area contributed by atoms with Crippen LogP contribution in [0.5, 0.6) is 0 Å². The molecule has 1 saturated heterocycles. The maximum absolute atomic E-state index is 3.47. The van der Waals surface area contributed by atoms with Crippen molar-refractivity contribution >= 4 is 10.8 Å². The minimum Gasteiger partial charge on any atom is -0.317 e. The second-order valence-electron chi connectivity index (χ2n) is 6.39. The lowest BCUT2D eigenvalue weighted by atomic mass is 9.86. The molecule has 1 aliphatic heterocycles. The van der Waals surface area contributed by atoms with Gasteiger partial charge in [0.05, 0.1) is 0 Å². The Hall–Kier alpha value is -1.38. The fourth-order valence-electron chi connectivity index (χ4n) is 3.72. The van der Waals surface area contributed by atoms with Crippen LogP contribution >= 0.6 is 0 Å². The Morgan fingerprint density at radius 2 is 1.86 bits per heavy atom. The predicted octanol–water partition coefficient (Wildman–Crippen LogP) is 3.66. The lowest BCUT2D eigenvalue weighted by Gasteiger charge is -2.42. The number of nitrogens with zero attached hydrogens (tertiary/aromatic N) is 1. The van der Waals surface area contributed by atoms with Gasteiger partial charge < -0.3 is 5.32 Å². The maximum atomic E-state index is 3.47. The van der Waals surface area contributed by atoms with Gasteiger partial charge >= 0.3 is 0 Å². The molecule has 112 valence electrons. The second kappa shape index (κ2) is 6.17. The first-order valence-electron chi connectivity index (χ1n) is 8.08. The molecule has 1 N–H and O–H groups in total. The first-order chi connectivity index (χ1) is 10.2. The molecule has 0 amide bonds. The third kappa shape index (κ3) is 2.83. The second-order valence-corrected chi connectivity index (χ2v) is 6.39. The molecule has 2 aromatic rings. The van der Waals surface area contributed by atoms with Crippen molar-refractivity contribution in [3.63, 3.8) is 0 Å². The Bertz CT molecular complexity index is 602. The lowest BCUT2D eigenvalue weighted by Crippen LogP contribution is -2.52. The Morgan fingerprint density at radius 3 is 2.67 bits per heavy atom. The summed E-state index contributed by atoms with van der Waals surface area (Å²) < 4.78 is 0. The minimum atomic E-state index is 0.621. The van der Waals surface area contributed by atoms with E-state index in [1.165, 1.54) is 29.3 Å². The zero-order valence-electron chi connectivity index (χ0n) is 13.3. The van der Waals surface area contributed by atoms with Crippen molar-refractivity contribution < 1.29 is 0 Å². The first kappa shape index (κ1) is 14.6. The van der Waals surface area contributed by atoms with Gasteiger partial charge in [-0.25, -0.2) is 0 Å². The van der Waals surface area contributed by atoms with Crippen LogP contribution in [0.3, 0.4) is 0 Å². The molecule has 2 aromatic carbocycles. The van der Waals surface area contributed by atoms with E-state index < -0.39 is 0 Å². The minimum absolute atomic E-state index is 0.621. The van der Waals surface area contributed by atoms with E-state index >= 15 is 0 Å². The molecule has 21 heavy (non-hydrogen) atoms. The normalized spacial score (nSPS) is 27.1. The highest BCUT2D eigenvalue weighted by molar-refractivity contribution is 5.85. The molecule has 0 bridgehead atoms. The summed E-state index contributed by atoms with van der Waals surface area (Å²) >= 11 is 0. The van der Waals surface area contributed by atoms with E-state index in [-0.39, 0.29) is 0 Å². The van der Waals surface area contributed by atoms with Crippen LogP contribution in [-0.4, -0.2) is 30.6 Å². The molecule has 3 rings (SSSR count). The molecule has 1 aliphatic rings. The Morgan fingerprint density at radius 1 is 1.10 bits per heavy atom. The monoisotopic (exact) mass is 282 g/mol. The summed E-state index contributed by atoms with van der Waals surface area (Å²) in [7, 11) is 2.09. The van der Waals surface area contributed by atoms with Crippen molar-refractivity contribution in [1.82, 2.24) is 10.2 Å². The summed E-state index contributed by atoms with van der Waals surface area (Å²) in [4.78, 5) is 2.64. The number of likely N-dealkylation sites (tertiary alicyclic amines) is 1. The molecule has 1 fully saturated rings. The zero-order valence-corrected chi connectivity index (χ0v) is 13.3. The Kier molecular flexibility index (Phi) is 4.27. The van der Waals surface area contributed by atoms with Crippen molar-refractivity contribution in [2.75, 3.05) is 13.6 Å². The van der Waals surface area contributed by atoms with Crippen molar-refractivity contribution in [3.8, 4) is 0 Å². The number of benzene rings is 2. The van der Waals surface area contributed by atoms with Gasteiger partial charge in [0, 0.05) is 25.2 Å². The summed E-state index contributed by atoms with van der Waals surface area (Å²) in [5.41, 5.74) is 1.45. The molecule has 0 saturated carbocycles. The summed E-state index contributed by atoms with van der Waals surface area (Å²) in [5, 5.41) is 6.22. The van der Waals surface area contributed by atoms with Crippen LogP contribution in [0.15, 0.2) is 42.5 Å². The third-order valence-corrected chi connectivity index (χ3v) is 5.32. The third-order valence-electron chi connectivity index (χ3n) is 5.32. The average Bonchev–Trinajstić information content (AvgIpc) is 2.52. The number of fused-ring (bicyclic) bond motifs is 1. The van der Waals surface area contributed by atoms with Crippen molar-refractivity contribution in [2.24, 2.45) is 5.92 Å². The standard InChI is InChI=1S/C19H26N2/c1-14-15(2)21(12-11-19(14)20-3)13-17-9-6-8-16-7-4-5-10-18(16)17/h4-10,14-15,19-20H,11-13H2,1-3H3. The van der Waals surface area contributed by atoms with Crippen LogP contribution in [0.2, 0.25) is 0 Å². The number of piperidine rings is 1. The largest absolute Gasteiger partial charge is 0.317 e. The van der Waals surface area contributed by atoms with Gasteiger partial charge in [-0.3, -0.25) is 4.90 Å². The summed E-state index contributed by atoms with van der Waals surface area (Å²) in [6, 6.07) is 16.7. The van der Waals surface area contributed by atoms with E-state index in [1.54, 1.807) is 0 Å². The molecular weight excluding hydrogens is 256 g/mol. The fourth-order valence-corrected chi connectivity index (χ4v) is 3.72. The molecule has 3 atom stereocenters. The van der Waals surface area contributed by atoms with Crippen LogP contribution in [0, 0.1) is 5.92 Å². The molecule has 1 heterocycles. The SMILES string of the molecule is CNC1CCN(Cc2cccc3ccccc23)C(C)C1C. The Balaban J connectivity index is 1.83. The fraction of sp³-hybridized carbons (Fsp3) is 0.474. The van der Waals surface area contributed by atoms with Gasteiger partial charge in [0.1, 0.15) is 0 Å². The molecule has 0 aliphatic carbocycles. The highest BCUT2D eigenvalue weighted by atomic mass is 15.2. The average molecular weight is 282 g/mol. The van der Waals surface area contributed by atoms with Crippen LogP contribution in [0.4, 0.5) is 0 Å². The first-order valence-corrected chi connectivity index (χ1v) is 8.08. The molecule has 2 heteroatoms. The smallest absolute Gasteiger partial charge is 0.0242 e. The van der Waals surface area contributed by atoms with E-state index in [4.69, 9.17) is 0 Å². The van der Waals surface area contributed by atoms with Crippen LogP contribution < -0.4 is 5.32 Å². The van der Waals surface area contributed by atoms with Crippen molar-refractivity contribution in [2.45, 2.75) is 38.9 Å². The van der Waals surface area contributed by atoms with Gasteiger partial charge in [0.15, 0.2) is 0 Å². The predicted molar refractivity (Wildman–Crippen MR) is 90.4 cm³/mol. The van der Waals surface area contributed by atoms with Crippen molar-refractivity contribution in [3.05, 3.63) is 48.0 Å². The number of rotatable bonds is 3. The van der Waals surface area contributed by atoms with Gasteiger partial charge in [-0.1, -0.05) is 49.4 Å². The highest BCUT2D eigenvalue weighted by Gasteiger charge is 2.31. The van der Waals surface area contributed by atoms with Crippen molar-refractivity contribution in [1.29, 1.82) is 0 Å². The summed E-state index contributed by atoms with van der Waals surface area (Å²) in [5.74, 6) is 0.693. The molecule has 0 aromatic heterocycles. The summed E-state index contributed by atoms with van der Waals surface area (Å²) in [6.07, 6.45) is 1.24. The molecule has 2 nitrogen and oxygen atoms in total. The topological polar surface area (TPSA) is 15.3 Å². The van der Waals surface area contributed by atoms with E-state index in [9.17, 15) is 0 Å². The van der Waals surface area contributed by atoms with Gasteiger partial charge in [0.25, 0.3) is 0 Å². The number of hydrogen-bond donors (Lipinski definition) is 1. The number of nitrogens with one attached hydrogen (secondary N) is 1. The van der Waals surface area contributed by atoms with Crippen LogP contribution in [0.25, 0.3) is 10.8 Å².